The minimum Gasteiger partial charge on any atom is -0.310 e. The number of carbonyl (C=O) groups excluding carboxylic acids is 2. The van der Waals surface area contributed by atoms with Crippen molar-refractivity contribution < 1.29 is 14.0 Å². The lowest BCUT2D eigenvalue weighted by Gasteiger charge is -2.20. The van der Waals surface area contributed by atoms with E-state index in [2.05, 4.69) is 15.9 Å². The van der Waals surface area contributed by atoms with Crippen LogP contribution >= 0.6 is 27.7 Å². The molecule has 19 heavy (non-hydrogen) atoms. The van der Waals surface area contributed by atoms with Crippen molar-refractivity contribution in [3.63, 3.8) is 0 Å². The van der Waals surface area contributed by atoms with Crippen LogP contribution < -0.4 is 4.90 Å². The maximum Gasteiger partial charge on any atom is 0.228 e. The standard InChI is InChI=1S/C13H13BrFNO2S/c1-7-3-9(15)4-11(14)13(7)16-6-10(5-12(16)18)19-8(2)17/h3-4,10H,5-6H2,1-2H3. The van der Waals surface area contributed by atoms with Crippen LogP contribution in [0.25, 0.3) is 0 Å². The quantitative estimate of drug-likeness (QED) is 0.825. The van der Waals surface area contributed by atoms with Gasteiger partial charge < -0.3 is 4.90 Å². The van der Waals surface area contributed by atoms with Gasteiger partial charge in [0.25, 0.3) is 0 Å². The number of thioether (sulfide) groups is 1. The van der Waals surface area contributed by atoms with E-state index < -0.39 is 0 Å². The van der Waals surface area contributed by atoms with Crippen LogP contribution in [0.15, 0.2) is 16.6 Å². The average molecular weight is 346 g/mol. The predicted octanol–water partition coefficient (Wildman–Crippen LogP) is 3.28. The van der Waals surface area contributed by atoms with E-state index in [0.29, 0.717) is 28.7 Å². The molecule has 6 heteroatoms. The number of hydrogen-bond donors (Lipinski definition) is 0. The normalized spacial score (nSPS) is 19.1. The predicted molar refractivity (Wildman–Crippen MR) is 77.9 cm³/mol. The van der Waals surface area contributed by atoms with Crippen molar-refractivity contribution in [1.82, 2.24) is 0 Å². The number of anilines is 1. The number of halogens is 2. The molecule has 1 amide bonds. The molecule has 0 spiro atoms. The summed E-state index contributed by atoms with van der Waals surface area (Å²) in [6, 6.07) is 2.75. The number of rotatable bonds is 2. The van der Waals surface area contributed by atoms with Crippen molar-refractivity contribution in [3.05, 3.63) is 28.0 Å². The molecule has 0 bridgehead atoms. The van der Waals surface area contributed by atoms with Gasteiger partial charge in [-0.2, -0.15) is 0 Å². The van der Waals surface area contributed by atoms with E-state index in [1.807, 2.05) is 0 Å². The highest BCUT2D eigenvalue weighted by atomic mass is 79.9. The van der Waals surface area contributed by atoms with Crippen molar-refractivity contribution in [3.8, 4) is 0 Å². The second kappa shape index (κ2) is 5.63. The number of amides is 1. The Morgan fingerprint density at radius 2 is 2.21 bits per heavy atom. The van der Waals surface area contributed by atoms with Crippen LogP contribution in [-0.2, 0) is 9.59 Å². The zero-order valence-electron chi connectivity index (χ0n) is 10.6. The first-order chi connectivity index (χ1) is 8.88. The number of benzene rings is 1. The van der Waals surface area contributed by atoms with Gasteiger partial charge in [-0.25, -0.2) is 4.39 Å². The third kappa shape index (κ3) is 3.17. The SMILES string of the molecule is CC(=O)SC1CC(=O)N(c2c(C)cc(F)cc2Br)C1. The number of aryl methyl sites for hydroxylation is 1. The third-order valence-corrected chi connectivity index (χ3v) is 4.50. The maximum absolute atomic E-state index is 13.3. The van der Waals surface area contributed by atoms with Gasteiger partial charge in [-0.05, 0) is 40.5 Å². The first-order valence-corrected chi connectivity index (χ1v) is 7.49. The Kier molecular flexibility index (Phi) is 4.30. The van der Waals surface area contributed by atoms with Gasteiger partial charge in [0.1, 0.15) is 5.82 Å². The minimum atomic E-state index is -0.338. The van der Waals surface area contributed by atoms with Gasteiger partial charge in [-0.1, -0.05) is 11.8 Å². The molecule has 1 aromatic carbocycles. The molecule has 2 rings (SSSR count). The molecule has 1 aliphatic rings. The molecule has 0 radical (unpaired) electrons. The summed E-state index contributed by atoms with van der Waals surface area (Å²) in [6.45, 7) is 3.74. The molecular weight excluding hydrogens is 333 g/mol. The third-order valence-electron chi connectivity index (χ3n) is 2.91. The zero-order chi connectivity index (χ0) is 14.2. The van der Waals surface area contributed by atoms with E-state index in [1.165, 1.54) is 30.8 Å². The Bertz CT molecular complexity index is 526. The van der Waals surface area contributed by atoms with E-state index in [1.54, 1.807) is 11.8 Å². The summed E-state index contributed by atoms with van der Waals surface area (Å²) in [7, 11) is 0. The van der Waals surface area contributed by atoms with Gasteiger partial charge in [-0.3, -0.25) is 9.59 Å². The molecule has 1 fully saturated rings. The monoisotopic (exact) mass is 345 g/mol. The van der Waals surface area contributed by atoms with Crippen LogP contribution in [0, 0.1) is 12.7 Å². The second-order valence-electron chi connectivity index (χ2n) is 4.49. The Morgan fingerprint density at radius 3 is 2.79 bits per heavy atom. The van der Waals surface area contributed by atoms with E-state index >= 15 is 0 Å². The highest BCUT2D eigenvalue weighted by molar-refractivity contribution is 9.10. The summed E-state index contributed by atoms with van der Waals surface area (Å²) < 4.78 is 13.8. The summed E-state index contributed by atoms with van der Waals surface area (Å²) in [5.41, 5.74) is 1.40. The van der Waals surface area contributed by atoms with Crippen LogP contribution in [0.2, 0.25) is 0 Å². The van der Waals surface area contributed by atoms with Gasteiger partial charge in [-0.15, -0.1) is 0 Å². The van der Waals surface area contributed by atoms with E-state index in [9.17, 15) is 14.0 Å². The maximum atomic E-state index is 13.3. The molecule has 1 saturated heterocycles. The molecule has 0 N–H and O–H groups in total. The second-order valence-corrected chi connectivity index (χ2v) is 6.82. The van der Waals surface area contributed by atoms with Crippen LogP contribution in [-0.4, -0.2) is 22.8 Å². The highest BCUT2D eigenvalue weighted by Crippen LogP contribution is 2.36. The molecule has 3 nitrogen and oxygen atoms in total. The lowest BCUT2D eigenvalue weighted by molar-refractivity contribution is -0.117. The van der Waals surface area contributed by atoms with Crippen molar-refractivity contribution in [2.45, 2.75) is 25.5 Å². The molecule has 1 unspecified atom stereocenters. The summed E-state index contributed by atoms with van der Waals surface area (Å²) in [4.78, 5) is 24.8. The van der Waals surface area contributed by atoms with E-state index in [4.69, 9.17) is 0 Å². The van der Waals surface area contributed by atoms with Gasteiger partial charge >= 0.3 is 0 Å². The molecule has 0 aliphatic carbocycles. The summed E-state index contributed by atoms with van der Waals surface area (Å²) in [6.07, 6.45) is 0.341. The van der Waals surface area contributed by atoms with Crippen LogP contribution in [0.3, 0.4) is 0 Å². The Hall–Kier alpha value is -0.880. The van der Waals surface area contributed by atoms with E-state index in [0.717, 1.165) is 0 Å². The molecular formula is C13H13BrFNO2S. The van der Waals surface area contributed by atoms with Crippen molar-refractivity contribution in [1.29, 1.82) is 0 Å². The van der Waals surface area contributed by atoms with Gasteiger partial charge in [0.2, 0.25) is 5.91 Å². The van der Waals surface area contributed by atoms with Crippen molar-refractivity contribution in [2.24, 2.45) is 0 Å². The molecule has 1 atom stereocenters. The van der Waals surface area contributed by atoms with Crippen LogP contribution in [0.4, 0.5) is 10.1 Å². The first-order valence-electron chi connectivity index (χ1n) is 5.81. The molecule has 102 valence electrons. The number of hydrogen-bond acceptors (Lipinski definition) is 3. The van der Waals surface area contributed by atoms with Crippen molar-refractivity contribution in [2.75, 3.05) is 11.4 Å². The molecule has 0 saturated carbocycles. The molecule has 0 aromatic heterocycles. The van der Waals surface area contributed by atoms with Gasteiger partial charge in [0, 0.05) is 29.6 Å². The molecule has 1 heterocycles. The highest BCUT2D eigenvalue weighted by Gasteiger charge is 2.33. The fraction of sp³-hybridized carbons (Fsp3) is 0.385. The van der Waals surface area contributed by atoms with Crippen LogP contribution in [0.5, 0.6) is 0 Å². The van der Waals surface area contributed by atoms with E-state index in [-0.39, 0.29) is 22.1 Å². The summed E-state index contributed by atoms with van der Waals surface area (Å²) in [5.74, 6) is -0.372. The molecule has 1 aromatic rings. The van der Waals surface area contributed by atoms with Crippen LogP contribution in [0.1, 0.15) is 18.9 Å². The topological polar surface area (TPSA) is 37.4 Å². The fourth-order valence-corrected chi connectivity index (χ4v) is 3.91. The number of carbonyl (C=O) groups is 2. The van der Waals surface area contributed by atoms with Crippen molar-refractivity contribution >= 4 is 44.4 Å². The average Bonchev–Trinajstić information content (AvgIpc) is 2.57. The lowest BCUT2D eigenvalue weighted by atomic mass is 10.2. The summed E-state index contributed by atoms with van der Waals surface area (Å²) in [5, 5.41) is -0.0177. The lowest BCUT2D eigenvalue weighted by Crippen LogP contribution is -2.26. The zero-order valence-corrected chi connectivity index (χ0v) is 13.0. The summed E-state index contributed by atoms with van der Waals surface area (Å²) >= 11 is 4.49. The first kappa shape index (κ1) is 14.5. The Labute approximate surface area is 123 Å². The minimum absolute atomic E-state index is 0.00884. The fourth-order valence-electron chi connectivity index (χ4n) is 2.24. The largest absolute Gasteiger partial charge is 0.310 e. The number of nitrogens with zero attached hydrogens (tertiary/aromatic N) is 1. The smallest absolute Gasteiger partial charge is 0.228 e. The molecule has 1 aliphatic heterocycles. The van der Waals surface area contributed by atoms with Gasteiger partial charge in [0.15, 0.2) is 5.12 Å². The Balaban J connectivity index is 2.28. The van der Waals surface area contributed by atoms with Gasteiger partial charge in [0.05, 0.1) is 5.69 Å². The Morgan fingerprint density at radius 1 is 1.53 bits per heavy atom.